The van der Waals surface area contributed by atoms with E-state index in [0.29, 0.717) is 34.0 Å². The monoisotopic (exact) mass is 493 g/mol. The van der Waals surface area contributed by atoms with Gasteiger partial charge in [0.05, 0.1) is 17.9 Å². The molecule has 6 nitrogen and oxygen atoms in total. The van der Waals surface area contributed by atoms with Crippen molar-refractivity contribution in [3.63, 3.8) is 0 Å². The van der Waals surface area contributed by atoms with Crippen LogP contribution < -0.4 is 15.7 Å². The molecule has 0 atom stereocenters. The first-order valence-electron chi connectivity index (χ1n) is 9.36. The minimum absolute atomic E-state index is 0.352. The molecule has 0 aliphatic rings. The van der Waals surface area contributed by atoms with E-state index in [4.69, 9.17) is 9.15 Å². The summed E-state index contributed by atoms with van der Waals surface area (Å²) in [5, 5.41) is 15.7. The van der Waals surface area contributed by atoms with Crippen molar-refractivity contribution in [3.05, 3.63) is 80.0 Å². The van der Waals surface area contributed by atoms with Gasteiger partial charge in [0.25, 0.3) is 0 Å². The highest BCUT2D eigenvalue weighted by Crippen LogP contribution is 2.27. The molecule has 0 aliphatic heterocycles. The number of nitrogens with zero attached hydrogens (tertiary/aromatic N) is 2. The molecule has 0 saturated heterocycles. The van der Waals surface area contributed by atoms with Gasteiger partial charge in [-0.1, -0.05) is 15.9 Å². The number of hydrogen-bond acceptors (Lipinski definition) is 7. The van der Waals surface area contributed by atoms with Gasteiger partial charge in [-0.3, -0.25) is 0 Å². The standard InChI is InChI=1S/C23H16BrN3O3S/c1-2-29-18-6-4-17(5-7-18)26-12-15(11-25)22-27-20(13-31-22)19-10-14-9-16(24)3-8-21(14)30-23(19)28/h3-10,12-13,26H,2H2,1H3/b15-12+. The van der Waals surface area contributed by atoms with Crippen LogP contribution in [0.5, 0.6) is 5.75 Å². The van der Waals surface area contributed by atoms with Crippen LogP contribution >= 0.6 is 27.3 Å². The number of ether oxygens (including phenoxy) is 1. The molecule has 2 aromatic heterocycles. The summed E-state index contributed by atoms with van der Waals surface area (Å²) in [6.07, 6.45) is 1.60. The molecule has 1 N–H and O–H groups in total. The number of aromatic nitrogens is 1. The molecule has 0 unspecified atom stereocenters. The fourth-order valence-corrected chi connectivity index (χ4v) is 4.07. The highest BCUT2D eigenvalue weighted by molar-refractivity contribution is 9.10. The number of allylic oxidation sites excluding steroid dienone is 1. The summed E-state index contributed by atoms with van der Waals surface area (Å²) in [4.78, 5) is 16.9. The lowest BCUT2D eigenvalue weighted by Crippen LogP contribution is -2.03. The van der Waals surface area contributed by atoms with Crippen LogP contribution in [0, 0.1) is 11.3 Å². The maximum absolute atomic E-state index is 12.4. The van der Waals surface area contributed by atoms with Crippen LogP contribution in [0.25, 0.3) is 27.8 Å². The van der Waals surface area contributed by atoms with Gasteiger partial charge in [-0.15, -0.1) is 11.3 Å². The zero-order valence-electron chi connectivity index (χ0n) is 16.4. The van der Waals surface area contributed by atoms with Crippen molar-refractivity contribution >= 4 is 49.5 Å². The van der Waals surface area contributed by atoms with Crippen molar-refractivity contribution in [2.75, 3.05) is 11.9 Å². The van der Waals surface area contributed by atoms with E-state index in [1.165, 1.54) is 11.3 Å². The highest BCUT2D eigenvalue weighted by atomic mass is 79.9. The molecule has 0 amide bonds. The quantitative estimate of drug-likeness (QED) is 0.259. The topological polar surface area (TPSA) is 88.2 Å². The van der Waals surface area contributed by atoms with Gasteiger partial charge in [-0.05, 0) is 55.5 Å². The van der Waals surface area contributed by atoms with Crippen LogP contribution in [0.15, 0.2) is 73.8 Å². The molecule has 0 saturated carbocycles. The van der Waals surface area contributed by atoms with Crippen molar-refractivity contribution in [3.8, 4) is 23.1 Å². The van der Waals surface area contributed by atoms with Gasteiger partial charge < -0.3 is 14.5 Å². The van der Waals surface area contributed by atoms with Gasteiger partial charge in [-0.25, -0.2) is 9.78 Å². The number of thiazole rings is 1. The fourth-order valence-electron chi connectivity index (χ4n) is 2.91. The van der Waals surface area contributed by atoms with Crippen LogP contribution in [0.2, 0.25) is 0 Å². The van der Waals surface area contributed by atoms with Gasteiger partial charge in [-0.2, -0.15) is 5.26 Å². The Labute approximate surface area is 190 Å². The number of hydrogen-bond donors (Lipinski definition) is 1. The Balaban J connectivity index is 1.60. The molecule has 4 aromatic rings. The number of fused-ring (bicyclic) bond motifs is 1. The Kier molecular flexibility index (Phi) is 6.16. The molecule has 0 bridgehead atoms. The van der Waals surface area contributed by atoms with Crippen molar-refractivity contribution < 1.29 is 9.15 Å². The molecule has 0 aliphatic carbocycles. The molecule has 154 valence electrons. The summed E-state index contributed by atoms with van der Waals surface area (Å²) in [6.45, 7) is 2.53. The zero-order valence-corrected chi connectivity index (χ0v) is 18.8. The molecule has 8 heteroatoms. The molecule has 4 rings (SSSR count). The Bertz CT molecular complexity index is 1370. The van der Waals surface area contributed by atoms with Crippen LogP contribution in [-0.4, -0.2) is 11.6 Å². The van der Waals surface area contributed by atoms with Gasteiger partial charge in [0.2, 0.25) is 0 Å². The molecule has 0 spiro atoms. The molecular weight excluding hydrogens is 478 g/mol. The number of nitriles is 1. The zero-order chi connectivity index (χ0) is 21.8. The van der Waals surface area contributed by atoms with E-state index in [0.717, 1.165) is 21.3 Å². The maximum atomic E-state index is 12.4. The molecule has 2 aromatic carbocycles. The minimum atomic E-state index is -0.471. The Morgan fingerprint density at radius 3 is 2.84 bits per heavy atom. The number of rotatable bonds is 6. The van der Waals surface area contributed by atoms with E-state index in [1.54, 1.807) is 23.7 Å². The maximum Gasteiger partial charge on any atom is 0.345 e. The number of halogens is 1. The summed E-state index contributed by atoms with van der Waals surface area (Å²) < 4.78 is 11.7. The average Bonchev–Trinajstić information content (AvgIpc) is 3.25. The average molecular weight is 494 g/mol. The number of benzene rings is 2. The van der Waals surface area contributed by atoms with Gasteiger partial charge in [0.1, 0.15) is 28.0 Å². The molecule has 0 fully saturated rings. The van der Waals surface area contributed by atoms with E-state index >= 15 is 0 Å². The third-order valence-corrected chi connectivity index (χ3v) is 5.74. The largest absolute Gasteiger partial charge is 0.494 e. The summed E-state index contributed by atoms with van der Waals surface area (Å²) in [6, 6.07) is 16.8. The smallest absolute Gasteiger partial charge is 0.345 e. The molecular formula is C23H16BrN3O3S. The fraction of sp³-hybridized carbons (Fsp3) is 0.0870. The number of anilines is 1. The lowest BCUT2D eigenvalue weighted by atomic mass is 10.1. The van der Waals surface area contributed by atoms with Crippen LogP contribution in [0.4, 0.5) is 5.69 Å². The van der Waals surface area contributed by atoms with E-state index in [-0.39, 0.29) is 0 Å². The van der Waals surface area contributed by atoms with Gasteiger partial charge in [0, 0.05) is 27.1 Å². The third kappa shape index (κ3) is 4.68. The Morgan fingerprint density at radius 1 is 1.29 bits per heavy atom. The highest BCUT2D eigenvalue weighted by Gasteiger charge is 2.14. The predicted molar refractivity (Wildman–Crippen MR) is 126 cm³/mol. The van der Waals surface area contributed by atoms with E-state index < -0.39 is 5.63 Å². The Morgan fingerprint density at radius 2 is 2.10 bits per heavy atom. The molecule has 2 heterocycles. The van der Waals surface area contributed by atoms with Crippen molar-refractivity contribution in [2.24, 2.45) is 0 Å². The van der Waals surface area contributed by atoms with E-state index in [1.807, 2.05) is 43.3 Å². The second-order valence-corrected chi connectivity index (χ2v) is 8.21. The normalized spacial score (nSPS) is 11.3. The Hall–Kier alpha value is -3.41. The van der Waals surface area contributed by atoms with Crippen molar-refractivity contribution in [2.45, 2.75) is 6.92 Å². The van der Waals surface area contributed by atoms with Crippen LogP contribution in [0.3, 0.4) is 0 Å². The summed E-state index contributed by atoms with van der Waals surface area (Å²) in [5.41, 5.74) is 2.03. The first-order valence-corrected chi connectivity index (χ1v) is 11.0. The van der Waals surface area contributed by atoms with Gasteiger partial charge in [0.15, 0.2) is 0 Å². The number of nitrogens with one attached hydrogen (secondary N) is 1. The first kappa shape index (κ1) is 20.8. The SMILES string of the molecule is CCOc1ccc(N/C=C(\C#N)c2nc(-c3cc4cc(Br)ccc4oc3=O)cs2)cc1. The second-order valence-electron chi connectivity index (χ2n) is 6.44. The van der Waals surface area contributed by atoms with Crippen LogP contribution in [-0.2, 0) is 0 Å². The van der Waals surface area contributed by atoms with E-state index in [9.17, 15) is 10.1 Å². The van der Waals surface area contributed by atoms with Crippen molar-refractivity contribution in [1.82, 2.24) is 4.98 Å². The lowest BCUT2D eigenvalue weighted by molar-refractivity contribution is 0.340. The minimum Gasteiger partial charge on any atom is -0.494 e. The predicted octanol–water partition coefficient (Wildman–Crippen LogP) is 6.05. The van der Waals surface area contributed by atoms with E-state index in [2.05, 4.69) is 32.3 Å². The van der Waals surface area contributed by atoms with Gasteiger partial charge >= 0.3 is 5.63 Å². The summed E-state index contributed by atoms with van der Waals surface area (Å²) in [7, 11) is 0. The summed E-state index contributed by atoms with van der Waals surface area (Å²) >= 11 is 4.71. The first-order chi connectivity index (χ1) is 15.1. The summed E-state index contributed by atoms with van der Waals surface area (Å²) in [5.74, 6) is 0.781. The lowest BCUT2D eigenvalue weighted by Gasteiger charge is -2.05. The third-order valence-electron chi connectivity index (χ3n) is 4.37. The second kappa shape index (κ2) is 9.16. The van der Waals surface area contributed by atoms with Crippen LogP contribution in [0.1, 0.15) is 11.9 Å². The van der Waals surface area contributed by atoms with Crippen molar-refractivity contribution in [1.29, 1.82) is 5.26 Å². The molecule has 0 radical (unpaired) electrons. The molecule has 31 heavy (non-hydrogen) atoms.